The maximum atomic E-state index is 13.1. The van der Waals surface area contributed by atoms with E-state index in [1.54, 1.807) is 4.90 Å². The molecule has 0 saturated carbocycles. The summed E-state index contributed by atoms with van der Waals surface area (Å²) >= 11 is 0. The predicted octanol–water partition coefficient (Wildman–Crippen LogP) is 6.58. The molecular weight excluding hydrogens is 436 g/mol. The van der Waals surface area contributed by atoms with E-state index in [2.05, 4.69) is 23.2 Å². The number of amides is 1. The van der Waals surface area contributed by atoms with Crippen LogP contribution in [0.4, 0.5) is 11.5 Å². The van der Waals surface area contributed by atoms with Crippen LogP contribution in [0, 0.1) is 6.92 Å². The summed E-state index contributed by atoms with van der Waals surface area (Å²) in [6.07, 6.45) is 5.27. The predicted molar refractivity (Wildman–Crippen MR) is 139 cm³/mol. The molecule has 178 valence electrons. The lowest BCUT2D eigenvalue weighted by Crippen LogP contribution is -2.26. The number of ether oxygens (including phenoxy) is 1. The Hall–Kier alpha value is -3.86. The molecule has 0 spiro atoms. The Morgan fingerprint density at radius 3 is 2.51 bits per heavy atom. The van der Waals surface area contributed by atoms with E-state index >= 15 is 0 Å². The average molecular weight is 467 g/mol. The molecule has 5 heteroatoms. The summed E-state index contributed by atoms with van der Waals surface area (Å²) in [6, 6.07) is 24.1. The number of nitrogens with one attached hydrogen (secondary N) is 1. The number of hydrogen-bond acceptors (Lipinski definition) is 3. The van der Waals surface area contributed by atoms with Crippen molar-refractivity contribution in [1.82, 2.24) is 4.98 Å². The fourth-order valence-corrected chi connectivity index (χ4v) is 4.96. The second kappa shape index (κ2) is 10.2. The van der Waals surface area contributed by atoms with E-state index in [1.165, 1.54) is 16.3 Å². The van der Waals surface area contributed by atoms with E-state index in [0.717, 1.165) is 41.9 Å². The van der Waals surface area contributed by atoms with Crippen LogP contribution in [-0.4, -0.2) is 23.5 Å². The van der Waals surface area contributed by atoms with Gasteiger partial charge in [-0.15, -0.1) is 0 Å². The number of aromatic amines is 1. The van der Waals surface area contributed by atoms with Gasteiger partial charge in [-0.3, -0.25) is 14.5 Å². The third-order valence-electron chi connectivity index (χ3n) is 6.75. The Kier molecular flexibility index (Phi) is 6.66. The van der Waals surface area contributed by atoms with Crippen molar-refractivity contribution in [3.05, 3.63) is 95.7 Å². The van der Waals surface area contributed by atoms with Crippen LogP contribution in [0.15, 0.2) is 79.0 Å². The number of aromatic nitrogens is 1. The lowest BCUT2D eigenvalue weighted by Gasteiger charge is -2.21. The molecule has 1 N–H and O–H groups in total. The van der Waals surface area contributed by atoms with Crippen molar-refractivity contribution < 1.29 is 14.3 Å². The molecule has 1 aromatic heterocycles. The monoisotopic (exact) mass is 466 g/mol. The zero-order valence-electron chi connectivity index (χ0n) is 20.0. The summed E-state index contributed by atoms with van der Waals surface area (Å²) in [5.74, 6) is 0.439. The standard InChI is InChI=1S/C30H30N2O3/c1-21-14-16-24(17-15-21)32(27-12-7-18-31-27)28(33)13-3-2-4-19-35-30(34)26-20-23-10-5-8-22-9-6-11-25(26)29(22)23/h5-12,14-18,26,31H,2-4,13,19-20H2,1H3. The SMILES string of the molecule is Cc1ccc(N(C(=O)CCCCCOC(=O)C2Cc3cccc4cccc2c34)c2ccc[nH]2)cc1. The highest BCUT2D eigenvalue weighted by Gasteiger charge is 2.30. The number of benzene rings is 3. The first-order valence-electron chi connectivity index (χ1n) is 12.3. The normalized spacial score (nSPS) is 14.3. The molecule has 1 heterocycles. The smallest absolute Gasteiger partial charge is 0.313 e. The Bertz CT molecular complexity index is 1320. The molecule has 5 nitrogen and oxygen atoms in total. The summed E-state index contributed by atoms with van der Waals surface area (Å²) < 4.78 is 5.64. The minimum atomic E-state index is -0.221. The number of carbonyl (C=O) groups is 2. The van der Waals surface area contributed by atoms with Crippen LogP contribution in [0.2, 0.25) is 0 Å². The molecule has 35 heavy (non-hydrogen) atoms. The van der Waals surface area contributed by atoms with Gasteiger partial charge in [0.25, 0.3) is 0 Å². The van der Waals surface area contributed by atoms with Gasteiger partial charge >= 0.3 is 5.97 Å². The van der Waals surface area contributed by atoms with Crippen molar-refractivity contribution in [2.75, 3.05) is 11.5 Å². The molecule has 1 unspecified atom stereocenters. The van der Waals surface area contributed by atoms with Crippen LogP contribution in [0.25, 0.3) is 10.8 Å². The largest absolute Gasteiger partial charge is 0.465 e. The molecule has 0 fully saturated rings. The van der Waals surface area contributed by atoms with Crippen molar-refractivity contribution in [3.8, 4) is 0 Å². The molecule has 3 aromatic carbocycles. The Balaban J connectivity index is 1.10. The molecule has 4 aromatic rings. The van der Waals surface area contributed by atoms with Crippen molar-refractivity contribution in [2.24, 2.45) is 0 Å². The maximum Gasteiger partial charge on any atom is 0.313 e. The van der Waals surface area contributed by atoms with Crippen LogP contribution in [0.3, 0.4) is 0 Å². The molecule has 1 aliphatic carbocycles. The Morgan fingerprint density at radius 2 is 1.74 bits per heavy atom. The summed E-state index contributed by atoms with van der Waals surface area (Å²) in [6.45, 7) is 2.41. The van der Waals surface area contributed by atoms with E-state index in [-0.39, 0.29) is 17.8 Å². The van der Waals surface area contributed by atoms with Crippen molar-refractivity contribution >= 4 is 34.2 Å². The molecule has 5 rings (SSSR count). The highest BCUT2D eigenvalue weighted by atomic mass is 16.5. The first-order valence-corrected chi connectivity index (χ1v) is 12.3. The highest BCUT2D eigenvalue weighted by Crippen LogP contribution is 2.38. The maximum absolute atomic E-state index is 13.1. The molecular formula is C30H30N2O3. The van der Waals surface area contributed by atoms with Gasteiger partial charge in [-0.05, 0) is 78.8 Å². The van der Waals surface area contributed by atoms with Gasteiger partial charge < -0.3 is 9.72 Å². The molecule has 0 bridgehead atoms. The lowest BCUT2D eigenvalue weighted by molar-refractivity contribution is -0.145. The van der Waals surface area contributed by atoms with Gasteiger partial charge in [0.05, 0.1) is 18.2 Å². The molecule has 0 saturated heterocycles. The first-order chi connectivity index (χ1) is 17.1. The van der Waals surface area contributed by atoms with E-state index in [1.807, 2.05) is 67.7 Å². The highest BCUT2D eigenvalue weighted by molar-refractivity contribution is 5.99. The minimum Gasteiger partial charge on any atom is -0.465 e. The van der Waals surface area contributed by atoms with Gasteiger partial charge in [0.2, 0.25) is 5.91 Å². The molecule has 0 radical (unpaired) electrons. The van der Waals surface area contributed by atoms with Crippen LogP contribution in [0.1, 0.15) is 48.3 Å². The van der Waals surface area contributed by atoms with E-state index < -0.39 is 0 Å². The molecule has 0 aliphatic heterocycles. The third-order valence-corrected chi connectivity index (χ3v) is 6.75. The average Bonchev–Trinajstić information content (AvgIpc) is 3.53. The minimum absolute atomic E-state index is 0.0464. The van der Waals surface area contributed by atoms with Crippen LogP contribution in [0.5, 0.6) is 0 Å². The fourth-order valence-electron chi connectivity index (χ4n) is 4.96. The van der Waals surface area contributed by atoms with Gasteiger partial charge in [0.1, 0.15) is 5.82 Å². The summed E-state index contributed by atoms with van der Waals surface area (Å²) in [5, 5.41) is 2.38. The van der Waals surface area contributed by atoms with Crippen molar-refractivity contribution in [3.63, 3.8) is 0 Å². The molecule has 1 aliphatic rings. The quantitative estimate of drug-likeness (QED) is 0.224. The summed E-state index contributed by atoms with van der Waals surface area (Å²) in [5.41, 5.74) is 4.30. The number of carbonyl (C=O) groups excluding carboxylic acids is 2. The van der Waals surface area contributed by atoms with Gasteiger partial charge in [-0.2, -0.15) is 0 Å². The number of aryl methyl sites for hydroxylation is 1. The van der Waals surface area contributed by atoms with Crippen molar-refractivity contribution in [1.29, 1.82) is 0 Å². The van der Waals surface area contributed by atoms with Gasteiger partial charge in [0.15, 0.2) is 0 Å². The van der Waals surface area contributed by atoms with Gasteiger partial charge in [0, 0.05) is 12.6 Å². The van der Waals surface area contributed by atoms with Crippen molar-refractivity contribution in [2.45, 2.75) is 44.9 Å². The first kappa shape index (κ1) is 22.9. The van der Waals surface area contributed by atoms with Crippen LogP contribution in [-0.2, 0) is 20.7 Å². The number of unbranched alkanes of at least 4 members (excludes halogenated alkanes) is 2. The lowest BCUT2D eigenvalue weighted by atomic mass is 10.0. The van der Waals surface area contributed by atoms with E-state index in [4.69, 9.17) is 4.74 Å². The number of rotatable bonds is 9. The molecule has 1 amide bonds. The fraction of sp³-hybridized carbons (Fsp3) is 0.267. The number of nitrogens with zero attached hydrogens (tertiary/aromatic N) is 1. The number of esters is 1. The number of H-pyrrole nitrogens is 1. The van der Waals surface area contributed by atoms with Crippen LogP contribution < -0.4 is 4.90 Å². The van der Waals surface area contributed by atoms with Gasteiger partial charge in [-0.25, -0.2) is 0 Å². The third kappa shape index (κ3) is 4.85. The topological polar surface area (TPSA) is 62.4 Å². The van der Waals surface area contributed by atoms with Gasteiger partial charge in [-0.1, -0.05) is 54.1 Å². The number of anilines is 2. The number of hydrogen-bond donors (Lipinski definition) is 1. The summed E-state index contributed by atoms with van der Waals surface area (Å²) in [4.78, 5) is 30.7. The van der Waals surface area contributed by atoms with Crippen LogP contribution >= 0.6 is 0 Å². The summed E-state index contributed by atoms with van der Waals surface area (Å²) in [7, 11) is 0. The second-order valence-electron chi connectivity index (χ2n) is 9.22. The zero-order valence-corrected chi connectivity index (χ0v) is 20.0. The van der Waals surface area contributed by atoms with E-state index in [9.17, 15) is 9.59 Å². The van der Waals surface area contributed by atoms with E-state index in [0.29, 0.717) is 19.4 Å². The zero-order chi connectivity index (χ0) is 24.2. The Morgan fingerprint density at radius 1 is 0.943 bits per heavy atom. The second-order valence-corrected chi connectivity index (χ2v) is 9.22. The Labute approximate surface area is 205 Å². The molecule has 1 atom stereocenters.